The van der Waals surface area contributed by atoms with E-state index in [0.29, 0.717) is 23.5 Å². The van der Waals surface area contributed by atoms with Crippen molar-refractivity contribution in [2.75, 3.05) is 0 Å². The van der Waals surface area contributed by atoms with Gasteiger partial charge in [0.25, 0.3) is 5.56 Å². The highest BCUT2D eigenvalue weighted by Gasteiger charge is 2.43. The molecule has 0 aliphatic carbocycles. The van der Waals surface area contributed by atoms with Gasteiger partial charge in [0.2, 0.25) is 0 Å². The normalized spacial score (nSPS) is 20.0. The minimum absolute atomic E-state index is 0.149. The molecule has 2 aliphatic heterocycles. The molecule has 0 saturated carbocycles. The number of nitrogens with zero attached hydrogens (tertiary/aromatic N) is 2. The number of esters is 1. The molecular weight excluding hydrogens is 400 g/mol. The van der Waals surface area contributed by atoms with E-state index in [0.717, 1.165) is 21.7 Å². The number of benzene rings is 1. The predicted octanol–water partition coefficient (Wildman–Crippen LogP) is 1.94. The van der Waals surface area contributed by atoms with Crippen LogP contribution in [-0.4, -0.2) is 33.8 Å². The number of rotatable bonds is 1. The Bertz CT molecular complexity index is 1330. The van der Waals surface area contributed by atoms with Gasteiger partial charge in [0.05, 0.1) is 37.1 Å². The standard InChI is InChI=1S/C22H22N2O5Si/c1-22(28)15-8-17-18-13(9-24(17)20(26)14(15)10-29-21(22)27)19(30(2,3)4)12-7-11(25)5-6-16(12)23-18/h5-8,25,28H,9-10H2,1-4H3/t22-/m0/s1. The average molecular weight is 423 g/mol. The number of carbonyl (C=O) groups excluding carboxylic acids is 1. The van der Waals surface area contributed by atoms with Gasteiger partial charge in [-0.15, -0.1) is 0 Å². The van der Waals surface area contributed by atoms with Gasteiger partial charge in [-0.3, -0.25) is 4.79 Å². The highest BCUT2D eigenvalue weighted by molar-refractivity contribution is 6.90. The van der Waals surface area contributed by atoms with E-state index in [1.807, 2.05) is 0 Å². The largest absolute Gasteiger partial charge is 0.508 e. The van der Waals surface area contributed by atoms with Crippen molar-refractivity contribution in [1.29, 1.82) is 0 Å². The first-order valence-electron chi connectivity index (χ1n) is 9.83. The summed E-state index contributed by atoms with van der Waals surface area (Å²) in [4.78, 5) is 30.2. The molecule has 154 valence electrons. The Morgan fingerprint density at radius 2 is 1.90 bits per heavy atom. The Balaban J connectivity index is 1.88. The summed E-state index contributed by atoms with van der Waals surface area (Å²) in [6.45, 7) is 8.24. The maximum atomic E-state index is 13.3. The average Bonchev–Trinajstić information content (AvgIpc) is 3.01. The number of carbonyl (C=O) groups is 1. The SMILES string of the molecule is C[C@@]1(O)C(=O)OCc2c1cc1n(c2=O)Cc2c-1nc1ccc(O)cc1c2[Si](C)(C)C. The van der Waals surface area contributed by atoms with Gasteiger partial charge in [-0.2, -0.15) is 0 Å². The zero-order chi connectivity index (χ0) is 21.6. The number of hydrogen-bond acceptors (Lipinski definition) is 6. The number of ether oxygens (including phenoxy) is 1. The van der Waals surface area contributed by atoms with Crippen LogP contribution in [0.5, 0.6) is 5.75 Å². The van der Waals surface area contributed by atoms with Crippen LogP contribution in [0.2, 0.25) is 19.6 Å². The quantitative estimate of drug-likeness (QED) is 0.359. The highest BCUT2D eigenvalue weighted by Crippen LogP contribution is 2.37. The number of pyridine rings is 2. The molecule has 0 saturated heterocycles. The molecule has 2 N–H and O–H groups in total. The molecule has 1 aromatic carbocycles. The smallest absolute Gasteiger partial charge is 0.342 e. The Morgan fingerprint density at radius 1 is 1.17 bits per heavy atom. The van der Waals surface area contributed by atoms with Crippen LogP contribution in [-0.2, 0) is 28.3 Å². The fraction of sp³-hybridized carbons (Fsp3) is 0.318. The molecule has 7 nitrogen and oxygen atoms in total. The Labute approximate surface area is 173 Å². The molecule has 0 amide bonds. The van der Waals surface area contributed by atoms with Crippen LogP contribution < -0.4 is 10.7 Å². The zero-order valence-corrected chi connectivity index (χ0v) is 18.2. The lowest BCUT2D eigenvalue weighted by Crippen LogP contribution is -2.43. The monoisotopic (exact) mass is 422 g/mol. The van der Waals surface area contributed by atoms with Crippen molar-refractivity contribution < 1.29 is 19.7 Å². The lowest BCUT2D eigenvalue weighted by Gasteiger charge is -2.29. The lowest BCUT2D eigenvalue weighted by atomic mass is 9.90. The lowest BCUT2D eigenvalue weighted by molar-refractivity contribution is -0.169. The summed E-state index contributed by atoms with van der Waals surface area (Å²) < 4.78 is 6.70. The number of hydrogen-bond donors (Lipinski definition) is 2. The van der Waals surface area contributed by atoms with Gasteiger partial charge in [-0.05, 0) is 41.9 Å². The van der Waals surface area contributed by atoms with Crippen LogP contribution in [0.15, 0.2) is 29.1 Å². The van der Waals surface area contributed by atoms with Crippen molar-refractivity contribution in [3.63, 3.8) is 0 Å². The van der Waals surface area contributed by atoms with Crippen LogP contribution in [0.1, 0.15) is 23.6 Å². The van der Waals surface area contributed by atoms with Crippen molar-refractivity contribution >= 4 is 30.1 Å². The molecule has 0 spiro atoms. The van der Waals surface area contributed by atoms with Crippen LogP contribution in [0.4, 0.5) is 0 Å². The Kier molecular flexibility index (Phi) is 3.68. The van der Waals surface area contributed by atoms with E-state index < -0.39 is 19.6 Å². The van der Waals surface area contributed by atoms with E-state index in [2.05, 4.69) is 19.6 Å². The molecule has 2 aliphatic rings. The second kappa shape index (κ2) is 5.80. The van der Waals surface area contributed by atoms with Crippen molar-refractivity contribution in [1.82, 2.24) is 9.55 Å². The molecule has 0 fully saturated rings. The van der Waals surface area contributed by atoms with Crippen LogP contribution in [0, 0.1) is 0 Å². The predicted molar refractivity (Wildman–Crippen MR) is 115 cm³/mol. The highest BCUT2D eigenvalue weighted by atomic mass is 28.3. The van der Waals surface area contributed by atoms with E-state index in [9.17, 15) is 19.8 Å². The first kappa shape index (κ1) is 19.0. The third-order valence-corrected chi connectivity index (χ3v) is 8.12. The summed E-state index contributed by atoms with van der Waals surface area (Å²) in [6, 6.07) is 6.83. The number of aliphatic hydroxyl groups is 1. The summed E-state index contributed by atoms with van der Waals surface area (Å²) in [7, 11) is -1.90. The first-order chi connectivity index (χ1) is 14.0. The molecule has 0 radical (unpaired) electrons. The molecule has 8 heteroatoms. The topological polar surface area (TPSA) is 102 Å². The summed E-state index contributed by atoms with van der Waals surface area (Å²) in [6.07, 6.45) is 0. The van der Waals surface area contributed by atoms with Crippen LogP contribution >= 0.6 is 0 Å². The number of fused-ring (bicyclic) bond motifs is 5. The number of cyclic esters (lactones) is 1. The van der Waals surface area contributed by atoms with E-state index in [1.165, 1.54) is 6.92 Å². The van der Waals surface area contributed by atoms with Gasteiger partial charge in [0, 0.05) is 10.9 Å². The van der Waals surface area contributed by atoms with E-state index in [1.54, 1.807) is 28.8 Å². The Morgan fingerprint density at radius 3 is 2.60 bits per heavy atom. The van der Waals surface area contributed by atoms with Gasteiger partial charge in [0.15, 0.2) is 5.60 Å². The van der Waals surface area contributed by atoms with Crippen molar-refractivity contribution in [3.05, 3.63) is 51.3 Å². The molecule has 3 aromatic rings. The fourth-order valence-electron chi connectivity index (χ4n) is 4.68. The van der Waals surface area contributed by atoms with Gasteiger partial charge < -0.3 is 19.5 Å². The minimum Gasteiger partial charge on any atom is -0.508 e. The first-order valence-corrected chi connectivity index (χ1v) is 13.3. The summed E-state index contributed by atoms with van der Waals surface area (Å²) >= 11 is 0. The molecule has 5 rings (SSSR count). The molecular formula is C22H22N2O5Si. The summed E-state index contributed by atoms with van der Waals surface area (Å²) in [5.41, 5.74) is 1.43. The molecule has 0 bridgehead atoms. The summed E-state index contributed by atoms with van der Waals surface area (Å²) in [5.74, 6) is -0.582. The van der Waals surface area contributed by atoms with Gasteiger partial charge in [-0.25, -0.2) is 9.78 Å². The second-order valence-electron chi connectivity index (χ2n) is 9.23. The molecule has 30 heavy (non-hydrogen) atoms. The molecule has 0 unspecified atom stereocenters. The number of aromatic hydroxyl groups is 1. The van der Waals surface area contributed by atoms with Crippen molar-refractivity contribution in [3.8, 4) is 17.1 Å². The molecule has 2 aromatic heterocycles. The van der Waals surface area contributed by atoms with Gasteiger partial charge in [0.1, 0.15) is 12.4 Å². The van der Waals surface area contributed by atoms with Crippen molar-refractivity contribution in [2.24, 2.45) is 0 Å². The van der Waals surface area contributed by atoms with Crippen LogP contribution in [0.25, 0.3) is 22.3 Å². The molecule has 4 heterocycles. The van der Waals surface area contributed by atoms with E-state index in [-0.39, 0.29) is 23.5 Å². The van der Waals surface area contributed by atoms with E-state index in [4.69, 9.17) is 9.72 Å². The number of phenols is 1. The summed E-state index contributed by atoms with van der Waals surface area (Å²) in [5, 5.41) is 22.9. The van der Waals surface area contributed by atoms with Gasteiger partial charge in [-0.1, -0.05) is 19.6 Å². The van der Waals surface area contributed by atoms with E-state index >= 15 is 0 Å². The maximum absolute atomic E-state index is 13.3. The Hall–Kier alpha value is -2.97. The molecule has 1 atom stereocenters. The number of aromatic nitrogens is 2. The third-order valence-electron chi connectivity index (χ3n) is 6.05. The fourth-order valence-corrected chi connectivity index (χ4v) is 6.79. The third kappa shape index (κ3) is 2.44. The number of phenolic OH excluding ortho intramolecular Hbond substituents is 1. The van der Waals surface area contributed by atoms with Crippen LogP contribution in [0.3, 0.4) is 0 Å². The maximum Gasteiger partial charge on any atom is 0.342 e. The van der Waals surface area contributed by atoms with Gasteiger partial charge >= 0.3 is 5.97 Å². The van der Waals surface area contributed by atoms with Crippen molar-refractivity contribution in [2.45, 2.75) is 45.3 Å². The zero-order valence-electron chi connectivity index (χ0n) is 17.2. The minimum atomic E-state index is -1.90. The second-order valence-corrected chi connectivity index (χ2v) is 14.2.